The van der Waals surface area contributed by atoms with Gasteiger partial charge in [-0.05, 0) is 156 Å². The Balaban J connectivity index is 1.28. The second-order valence-electron chi connectivity index (χ2n) is 15.9. The van der Waals surface area contributed by atoms with Crippen LogP contribution in [0.3, 0.4) is 0 Å². The van der Waals surface area contributed by atoms with Gasteiger partial charge in [0.25, 0.3) is 0 Å². The monoisotopic (exact) mass is 643 g/mol. The first kappa shape index (κ1) is 36.5. The highest BCUT2D eigenvalue weighted by molar-refractivity contribution is 7.80. The Bertz CT molecular complexity index is 1000. The molecule has 1 unspecified atom stereocenters. The number of hydrogen-bond donors (Lipinski definition) is 6. The summed E-state index contributed by atoms with van der Waals surface area (Å²) < 4.78 is 35.2. The zero-order valence-corrected chi connectivity index (χ0v) is 28.9. The second kappa shape index (κ2) is 15.7. The molecule has 4 rings (SSSR count). The minimum atomic E-state index is -4.50. The summed E-state index contributed by atoms with van der Waals surface area (Å²) in [7, 11) is -4.50. The van der Waals surface area contributed by atoms with Gasteiger partial charge in [0.15, 0.2) is 0 Å². The largest absolute Gasteiger partial charge is 0.397 e. The van der Waals surface area contributed by atoms with E-state index in [0.717, 1.165) is 58.3 Å². The number of aliphatic hydroxyl groups excluding tert-OH is 2. The van der Waals surface area contributed by atoms with Gasteiger partial charge in [-0.1, -0.05) is 27.7 Å². The van der Waals surface area contributed by atoms with Crippen molar-refractivity contribution >= 4 is 10.4 Å². The Labute approximate surface area is 268 Å². The SMILES string of the molecule is CC(COS(=O)(=O)O)[C@H](O)CC[C@@H](C)[C@H]1CC[C@H]2[C@@H]3[C@H](O)C[C@H]4C[C@@H](NCCCNCCCCN)CC[C@]4(C)[C@H]3CC[C@]12C. The van der Waals surface area contributed by atoms with Crippen molar-refractivity contribution in [1.29, 1.82) is 0 Å². The molecule has 258 valence electrons. The molecule has 4 saturated carbocycles. The van der Waals surface area contributed by atoms with Gasteiger partial charge in [0.2, 0.25) is 0 Å². The standard InChI is InChI=1S/C34H65N3O6S/c1-23(8-11-30(38)24(2)22-43-44(40,41)42)27-9-10-28-32-29(13-15-34(27,28)4)33(3)14-12-26(20-25(33)21-31(32)39)37-19-7-18-36-17-6-5-16-35/h23-32,36-39H,5-22,35H2,1-4H3,(H,40,41,42)/t23-,24?,25-,26+,27-,28+,29+,30-,31-,32+,33+,34-/m1/s1. The minimum Gasteiger partial charge on any atom is -0.393 e. The van der Waals surface area contributed by atoms with Gasteiger partial charge in [0, 0.05) is 12.0 Å². The minimum absolute atomic E-state index is 0.210. The van der Waals surface area contributed by atoms with Crippen molar-refractivity contribution < 1.29 is 27.4 Å². The summed E-state index contributed by atoms with van der Waals surface area (Å²) in [5, 5.41) is 29.8. The van der Waals surface area contributed by atoms with Gasteiger partial charge < -0.3 is 26.6 Å². The maximum Gasteiger partial charge on any atom is 0.397 e. The summed E-state index contributed by atoms with van der Waals surface area (Å²) in [5.41, 5.74) is 6.12. The van der Waals surface area contributed by atoms with E-state index < -0.39 is 16.5 Å². The fourth-order valence-electron chi connectivity index (χ4n) is 10.6. The zero-order chi connectivity index (χ0) is 32.1. The second-order valence-corrected chi connectivity index (χ2v) is 17.0. The van der Waals surface area contributed by atoms with E-state index in [0.29, 0.717) is 53.4 Å². The molecular weight excluding hydrogens is 578 g/mol. The van der Waals surface area contributed by atoms with Gasteiger partial charge >= 0.3 is 10.4 Å². The highest BCUT2D eigenvalue weighted by atomic mass is 32.3. The van der Waals surface area contributed by atoms with Gasteiger partial charge in [-0.2, -0.15) is 8.42 Å². The van der Waals surface area contributed by atoms with Crippen molar-refractivity contribution in [2.45, 2.75) is 129 Å². The quantitative estimate of drug-likeness (QED) is 0.0991. The van der Waals surface area contributed by atoms with Crippen LogP contribution in [-0.4, -0.2) is 74.2 Å². The number of nitrogens with two attached hydrogens (primary N) is 1. The van der Waals surface area contributed by atoms with Crippen LogP contribution in [0.15, 0.2) is 0 Å². The van der Waals surface area contributed by atoms with Gasteiger partial charge in [-0.3, -0.25) is 4.55 Å². The fraction of sp³-hybridized carbons (Fsp3) is 1.00. The number of aliphatic hydroxyl groups is 2. The summed E-state index contributed by atoms with van der Waals surface area (Å²) in [6.07, 6.45) is 13.4. The van der Waals surface area contributed by atoms with Crippen LogP contribution >= 0.6 is 0 Å². The molecule has 0 aromatic carbocycles. The van der Waals surface area contributed by atoms with Crippen LogP contribution in [0.25, 0.3) is 0 Å². The van der Waals surface area contributed by atoms with E-state index in [-0.39, 0.29) is 24.0 Å². The molecule has 0 aromatic rings. The molecule has 9 nitrogen and oxygen atoms in total. The Morgan fingerprint density at radius 3 is 2.36 bits per heavy atom. The van der Waals surface area contributed by atoms with Crippen LogP contribution in [0.2, 0.25) is 0 Å². The molecule has 44 heavy (non-hydrogen) atoms. The molecule has 0 aliphatic heterocycles. The van der Waals surface area contributed by atoms with E-state index in [2.05, 4.69) is 35.6 Å². The molecular formula is C34H65N3O6S. The molecule has 4 fully saturated rings. The predicted molar refractivity (Wildman–Crippen MR) is 175 cm³/mol. The van der Waals surface area contributed by atoms with E-state index in [9.17, 15) is 18.6 Å². The topological polar surface area (TPSA) is 154 Å². The Kier molecular flexibility index (Phi) is 13.0. The smallest absolute Gasteiger partial charge is 0.393 e. The number of rotatable bonds is 17. The number of fused-ring (bicyclic) bond motifs is 5. The normalized spacial score (nSPS) is 39.2. The molecule has 4 aliphatic rings. The number of hydrogen-bond acceptors (Lipinski definition) is 8. The van der Waals surface area contributed by atoms with Gasteiger partial charge in [0.05, 0.1) is 18.8 Å². The summed E-state index contributed by atoms with van der Waals surface area (Å²) in [4.78, 5) is 0. The zero-order valence-electron chi connectivity index (χ0n) is 28.1. The molecule has 0 bridgehead atoms. The molecule has 7 N–H and O–H groups in total. The molecule has 4 aliphatic carbocycles. The van der Waals surface area contributed by atoms with Crippen LogP contribution in [0, 0.1) is 52.3 Å². The molecule has 0 amide bonds. The molecule has 10 heteroatoms. The average molecular weight is 644 g/mol. The maximum atomic E-state index is 11.8. The van der Waals surface area contributed by atoms with E-state index in [4.69, 9.17) is 10.3 Å². The van der Waals surface area contributed by atoms with Crippen molar-refractivity contribution in [2.24, 2.45) is 58.0 Å². The third-order valence-electron chi connectivity index (χ3n) is 13.3. The maximum absolute atomic E-state index is 11.8. The highest BCUT2D eigenvalue weighted by Gasteiger charge is 2.62. The lowest BCUT2D eigenvalue weighted by Crippen LogP contribution is -2.59. The van der Waals surface area contributed by atoms with Crippen molar-refractivity contribution in [1.82, 2.24) is 10.6 Å². The highest BCUT2D eigenvalue weighted by Crippen LogP contribution is 2.68. The van der Waals surface area contributed by atoms with Crippen molar-refractivity contribution in [2.75, 3.05) is 32.8 Å². The van der Waals surface area contributed by atoms with Crippen LogP contribution in [0.1, 0.15) is 111 Å². The van der Waals surface area contributed by atoms with Crippen molar-refractivity contribution in [3.05, 3.63) is 0 Å². The van der Waals surface area contributed by atoms with E-state index in [1.165, 1.54) is 44.9 Å². The van der Waals surface area contributed by atoms with Crippen molar-refractivity contribution in [3.8, 4) is 0 Å². The van der Waals surface area contributed by atoms with E-state index in [1.807, 2.05) is 0 Å². The summed E-state index contributed by atoms with van der Waals surface area (Å²) in [6, 6.07) is 0.567. The third kappa shape index (κ3) is 8.57. The number of unbranched alkanes of at least 4 members (excludes halogenated alkanes) is 1. The molecule has 12 atom stereocenters. The van der Waals surface area contributed by atoms with Gasteiger partial charge in [-0.25, -0.2) is 4.18 Å². The van der Waals surface area contributed by atoms with Crippen LogP contribution in [-0.2, 0) is 14.6 Å². The summed E-state index contributed by atoms with van der Waals surface area (Å²) in [5.74, 6) is 2.78. The van der Waals surface area contributed by atoms with Gasteiger partial charge in [0.1, 0.15) is 0 Å². The molecule has 0 aromatic heterocycles. The Morgan fingerprint density at radius 1 is 0.932 bits per heavy atom. The van der Waals surface area contributed by atoms with Crippen molar-refractivity contribution in [3.63, 3.8) is 0 Å². The summed E-state index contributed by atoms with van der Waals surface area (Å²) >= 11 is 0. The molecule has 0 saturated heterocycles. The Hall–Kier alpha value is -0.330. The fourth-order valence-corrected chi connectivity index (χ4v) is 11.0. The first-order valence-electron chi connectivity index (χ1n) is 17.9. The summed E-state index contributed by atoms with van der Waals surface area (Å²) in [6.45, 7) is 12.9. The van der Waals surface area contributed by atoms with E-state index in [1.54, 1.807) is 6.92 Å². The van der Waals surface area contributed by atoms with Crippen LogP contribution < -0.4 is 16.4 Å². The lowest BCUT2D eigenvalue weighted by Gasteiger charge is -2.62. The van der Waals surface area contributed by atoms with E-state index >= 15 is 0 Å². The van der Waals surface area contributed by atoms with Crippen LogP contribution in [0.5, 0.6) is 0 Å². The Morgan fingerprint density at radius 2 is 1.64 bits per heavy atom. The molecule has 0 spiro atoms. The predicted octanol–water partition coefficient (Wildman–Crippen LogP) is 4.53. The molecule has 0 heterocycles. The first-order valence-corrected chi connectivity index (χ1v) is 19.3. The third-order valence-corrected chi connectivity index (χ3v) is 13.7. The van der Waals surface area contributed by atoms with Crippen LogP contribution in [0.4, 0.5) is 0 Å². The number of nitrogens with one attached hydrogen (secondary N) is 2. The first-order chi connectivity index (χ1) is 20.8. The molecule has 0 radical (unpaired) electrons. The lowest BCUT2D eigenvalue weighted by molar-refractivity contribution is -0.167. The average Bonchev–Trinajstić information content (AvgIpc) is 3.33. The lowest BCUT2D eigenvalue weighted by atomic mass is 9.43. The van der Waals surface area contributed by atoms with Gasteiger partial charge in [-0.15, -0.1) is 0 Å².